The van der Waals surface area contributed by atoms with Crippen LogP contribution in [-0.4, -0.2) is 17.0 Å². The molecule has 0 N–H and O–H groups in total. The summed E-state index contributed by atoms with van der Waals surface area (Å²) in [5.41, 5.74) is -2.74. The van der Waals surface area contributed by atoms with Gasteiger partial charge in [-0.05, 0) is 64.7 Å². The third kappa shape index (κ3) is 9.04. The van der Waals surface area contributed by atoms with E-state index in [0.717, 1.165) is 25.0 Å². The van der Waals surface area contributed by atoms with Crippen LogP contribution in [0.15, 0.2) is 0 Å². The van der Waals surface area contributed by atoms with Crippen molar-refractivity contribution in [2.75, 3.05) is 5.75 Å². The zero-order valence-electron chi connectivity index (χ0n) is 14.5. The van der Waals surface area contributed by atoms with Crippen molar-refractivity contribution in [3.8, 4) is 0 Å². The smallest absolute Gasteiger partial charge is 0.248 e. The van der Waals surface area contributed by atoms with Gasteiger partial charge in [-0.3, -0.25) is 0 Å². The van der Waals surface area contributed by atoms with Crippen LogP contribution in [0.2, 0.25) is 0 Å². The highest BCUT2D eigenvalue weighted by Crippen LogP contribution is 2.65. The van der Waals surface area contributed by atoms with Gasteiger partial charge < -0.3 is 9.05 Å². The summed E-state index contributed by atoms with van der Waals surface area (Å²) in [6.45, 7) is 17.1. The van der Waals surface area contributed by atoms with Crippen LogP contribution in [0.1, 0.15) is 74.7 Å². The van der Waals surface area contributed by atoms with Crippen molar-refractivity contribution in [2.45, 2.75) is 85.9 Å². The lowest BCUT2D eigenvalue weighted by molar-refractivity contribution is 0.0562. The van der Waals surface area contributed by atoms with Gasteiger partial charge in [0.05, 0.1) is 11.2 Å². The van der Waals surface area contributed by atoms with Gasteiger partial charge in [0.1, 0.15) is 0 Å². The van der Waals surface area contributed by atoms with E-state index >= 15 is 0 Å². The van der Waals surface area contributed by atoms with Crippen molar-refractivity contribution in [2.24, 2.45) is 5.92 Å². The summed E-state index contributed by atoms with van der Waals surface area (Å²) in [6.07, 6.45) is 3.02. The van der Waals surface area contributed by atoms with E-state index in [1.165, 1.54) is 0 Å². The van der Waals surface area contributed by atoms with Gasteiger partial charge in [0.25, 0.3) is 0 Å². The van der Waals surface area contributed by atoms with Crippen LogP contribution < -0.4 is 0 Å². The Morgan fingerprint density at radius 2 is 1.40 bits per heavy atom. The van der Waals surface area contributed by atoms with Gasteiger partial charge in [-0.1, -0.05) is 39.1 Å². The fourth-order valence-electron chi connectivity index (χ4n) is 1.21. The molecular formula is C15H33O2PS2. The summed E-state index contributed by atoms with van der Waals surface area (Å²) in [6, 6.07) is 0. The summed E-state index contributed by atoms with van der Waals surface area (Å²) in [4.78, 5) is 0. The maximum atomic E-state index is 6.26. The molecule has 5 heteroatoms. The lowest BCUT2D eigenvalue weighted by atomic mass is 10.1. The van der Waals surface area contributed by atoms with E-state index in [9.17, 15) is 0 Å². The van der Waals surface area contributed by atoms with E-state index in [4.69, 9.17) is 20.9 Å². The van der Waals surface area contributed by atoms with Gasteiger partial charge in [-0.2, -0.15) is 0 Å². The monoisotopic (exact) mass is 340 g/mol. The molecule has 0 aromatic carbocycles. The minimum Gasteiger partial charge on any atom is -0.316 e. The maximum absolute atomic E-state index is 6.26. The Hall–Kier alpha value is 0.920. The molecule has 0 amide bonds. The topological polar surface area (TPSA) is 18.5 Å². The first-order valence-electron chi connectivity index (χ1n) is 7.61. The molecule has 0 rings (SSSR count). The first-order chi connectivity index (χ1) is 8.95. The Balaban J connectivity index is 4.89. The lowest BCUT2D eigenvalue weighted by Crippen LogP contribution is -2.26. The van der Waals surface area contributed by atoms with Crippen molar-refractivity contribution >= 4 is 28.9 Å². The molecule has 0 aliphatic heterocycles. The lowest BCUT2D eigenvalue weighted by Gasteiger charge is -2.36. The van der Waals surface area contributed by atoms with Crippen molar-refractivity contribution in [3.05, 3.63) is 0 Å². The highest BCUT2D eigenvalue weighted by molar-refractivity contribution is 8.67. The molecule has 2 nitrogen and oxygen atoms in total. The summed E-state index contributed by atoms with van der Waals surface area (Å²) in [5, 5.41) is 0. The largest absolute Gasteiger partial charge is 0.316 e. The Labute approximate surface area is 135 Å². The minimum atomic E-state index is -2.30. The van der Waals surface area contributed by atoms with Crippen LogP contribution in [0.25, 0.3) is 0 Å². The van der Waals surface area contributed by atoms with Crippen molar-refractivity contribution < 1.29 is 9.05 Å². The highest BCUT2D eigenvalue weighted by Gasteiger charge is 2.34. The van der Waals surface area contributed by atoms with Crippen LogP contribution in [0.5, 0.6) is 0 Å². The standard InChI is InChI=1S/C15H33O2PS2/c1-9-14(5,6)16-18(19,17-15(7,8)10-2)20-12-11-13(3)4/h13H,9-12H2,1-8H3. The summed E-state index contributed by atoms with van der Waals surface area (Å²) >= 11 is 7.53. The Bertz CT molecular complexity index is 306. The molecule has 0 fully saturated rings. The second-order valence-corrected chi connectivity index (χ2v) is 13.2. The number of rotatable bonds is 10. The van der Waals surface area contributed by atoms with E-state index in [0.29, 0.717) is 5.92 Å². The Kier molecular flexibility index (Phi) is 8.92. The van der Waals surface area contributed by atoms with Crippen LogP contribution in [0, 0.1) is 5.92 Å². The van der Waals surface area contributed by atoms with Crippen LogP contribution in [-0.2, 0) is 20.9 Å². The van der Waals surface area contributed by atoms with Gasteiger partial charge in [0, 0.05) is 5.75 Å². The molecule has 0 bridgehead atoms. The minimum absolute atomic E-state index is 0.218. The average Bonchev–Trinajstić information content (AvgIpc) is 2.26. The van der Waals surface area contributed by atoms with Crippen LogP contribution in [0.3, 0.4) is 0 Å². The molecule has 0 saturated carbocycles. The molecule has 0 aliphatic rings. The van der Waals surface area contributed by atoms with Crippen molar-refractivity contribution in [1.29, 1.82) is 0 Å². The fraction of sp³-hybridized carbons (Fsp3) is 1.00. The highest BCUT2D eigenvalue weighted by atomic mass is 32.9. The molecule has 0 unspecified atom stereocenters. The normalized spacial score (nSPS) is 14.1. The molecular weight excluding hydrogens is 307 g/mol. The molecule has 0 aromatic rings. The molecule has 0 aromatic heterocycles. The summed E-state index contributed by atoms with van der Waals surface area (Å²) in [7, 11) is 0. The zero-order valence-corrected chi connectivity index (χ0v) is 17.0. The van der Waals surface area contributed by atoms with Crippen molar-refractivity contribution in [1.82, 2.24) is 0 Å². The molecule has 0 saturated heterocycles. The van der Waals surface area contributed by atoms with Gasteiger partial charge in [0.15, 0.2) is 0 Å². The van der Waals surface area contributed by atoms with Crippen LogP contribution in [0.4, 0.5) is 0 Å². The Morgan fingerprint density at radius 3 is 1.70 bits per heavy atom. The van der Waals surface area contributed by atoms with Gasteiger partial charge >= 0.3 is 0 Å². The molecule has 122 valence electrons. The molecule has 0 atom stereocenters. The van der Waals surface area contributed by atoms with E-state index in [1.807, 2.05) is 0 Å². The first kappa shape index (κ1) is 20.9. The van der Waals surface area contributed by atoms with Crippen LogP contribution >= 0.6 is 17.1 Å². The van der Waals surface area contributed by atoms with E-state index in [1.54, 1.807) is 11.4 Å². The molecule has 0 heterocycles. The summed E-state index contributed by atoms with van der Waals surface area (Å²) < 4.78 is 12.5. The van der Waals surface area contributed by atoms with E-state index in [-0.39, 0.29) is 11.2 Å². The predicted octanol–water partition coefficient (Wildman–Crippen LogP) is 6.40. The third-order valence-electron chi connectivity index (χ3n) is 3.37. The SMILES string of the molecule is CCC(C)(C)OP(=S)(OC(C)(C)CC)SCCC(C)C. The van der Waals surface area contributed by atoms with Gasteiger partial charge in [-0.15, -0.1) is 0 Å². The van der Waals surface area contributed by atoms with E-state index < -0.39 is 5.69 Å². The fourth-order valence-corrected chi connectivity index (χ4v) is 8.01. The maximum Gasteiger partial charge on any atom is 0.248 e. The molecule has 0 aliphatic carbocycles. The number of hydrogen-bond acceptors (Lipinski definition) is 4. The zero-order chi connectivity index (χ0) is 16.0. The molecule has 0 spiro atoms. The second-order valence-electron chi connectivity index (χ2n) is 6.87. The summed E-state index contributed by atoms with van der Waals surface area (Å²) in [5.74, 6) is 1.69. The van der Waals surface area contributed by atoms with E-state index in [2.05, 4.69) is 55.4 Å². The average molecular weight is 341 g/mol. The predicted molar refractivity (Wildman–Crippen MR) is 97.1 cm³/mol. The number of hydrogen-bond donors (Lipinski definition) is 0. The van der Waals surface area contributed by atoms with Gasteiger partial charge in [-0.25, -0.2) is 0 Å². The molecule has 20 heavy (non-hydrogen) atoms. The third-order valence-corrected chi connectivity index (χ3v) is 8.88. The second kappa shape index (κ2) is 8.53. The van der Waals surface area contributed by atoms with Crippen molar-refractivity contribution in [3.63, 3.8) is 0 Å². The molecule has 0 radical (unpaired) electrons. The Morgan fingerprint density at radius 1 is 1.00 bits per heavy atom. The quantitative estimate of drug-likeness (QED) is 0.428. The first-order valence-corrected chi connectivity index (χ1v) is 11.8. The van der Waals surface area contributed by atoms with Gasteiger partial charge in [0.2, 0.25) is 5.69 Å².